The number of hydrogen-bond donors (Lipinski definition) is 2. The van der Waals surface area contributed by atoms with E-state index in [2.05, 4.69) is 15.6 Å². The number of rotatable bonds is 3. The molecule has 0 bridgehead atoms. The molecule has 0 spiro atoms. The van der Waals surface area contributed by atoms with Crippen molar-refractivity contribution in [3.8, 4) is 0 Å². The number of carbonyl (C=O) groups is 1. The Balaban J connectivity index is 2.65. The van der Waals surface area contributed by atoms with Crippen molar-refractivity contribution >= 4 is 11.7 Å². The van der Waals surface area contributed by atoms with Crippen LogP contribution < -0.4 is 10.6 Å². The van der Waals surface area contributed by atoms with Crippen LogP contribution >= 0.6 is 0 Å². The zero-order valence-corrected chi connectivity index (χ0v) is 8.66. The first-order valence-electron chi connectivity index (χ1n) is 4.54. The lowest BCUT2D eigenvalue weighted by Gasteiger charge is -2.10. The molecule has 1 aromatic rings. The smallest absolute Gasteiger partial charge is 0.242 e. The van der Waals surface area contributed by atoms with Gasteiger partial charge >= 0.3 is 0 Å². The van der Waals surface area contributed by atoms with Gasteiger partial charge < -0.3 is 10.6 Å². The second-order valence-corrected chi connectivity index (χ2v) is 3.22. The van der Waals surface area contributed by atoms with E-state index in [4.69, 9.17) is 0 Å². The van der Waals surface area contributed by atoms with E-state index in [0.29, 0.717) is 5.82 Å². The molecule has 0 fully saturated rings. The number of pyridine rings is 1. The van der Waals surface area contributed by atoms with Gasteiger partial charge in [-0.25, -0.2) is 4.98 Å². The highest BCUT2D eigenvalue weighted by Crippen LogP contribution is 2.05. The summed E-state index contributed by atoms with van der Waals surface area (Å²) in [7, 11) is 1.74. The molecule has 1 unspecified atom stereocenters. The molecule has 1 rings (SSSR count). The Labute approximate surface area is 83.7 Å². The third-order valence-corrected chi connectivity index (χ3v) is 1.99. The second kappa shape index (κ2) is 4.72. The second-order valence-electron chi connectivity index (χ2n) is 3.22. The Morgan fingerprint density at radius 2 is 2.29 bits per heavy atom. The van der Waals surface area contributed by atoms with E-state index in [9.17, 15) is 4.79 Å². The highest BCUT2D eigenvalue weighted by atomic mass is 16.2. The van der Waals surface area contributed by atoms with Gasteiger partial charge in [0.2, 0.25) is 5.91 Å². The Kier molecular flexibility index (Phi) is 3.59. The maximum atomic E-state index is 11.4. The van der Waals surface area contributed by atoms with E-state index in [-0.39, 0.29) is 11.9 Å². The summed E-state index contributed by atoms with van der Waals surface area (Å²) in [6, 6.07) is 3.51. The minimum Gasteiger partial charge on any atom is -0.309 e. The molecule has 1 aromatic heterocycles. The average Bonchev–Trinajstić information content (AvgIpc) is 2.16. The first kappa shape index (κ1) is 10.7. The predicted molar refractivity (Wildman–Crippen MR) is 56.1 cm³/mol. The van der Waals surface area contributed by atoms with Crippen molar-refractivity contribution < 1.29 is 4.79 Å². The van der Waals surface area contributed by atoms with Gasteiger partial charge in [0, 0.05) is 6.20 Å². The molecule has 0 saturated carbocycles. The molecule has 0 aromatic carbocycles. The summed E-state index contributed by atoms with van der Waals surface area (Å²) in [5.41, 5.74) is 1.08. The minimum absolute atomic E-state index is 0.0781. The molecule has 1 atom stereocenters. The average molecular weight is 193 g/mol. The molecular weight excluding hydrogens is 178 g/mol. The van der Waals surface area contributed by atoms with Crippen LogP contribution in [0.5, 0.6) is 0 Å². The van der Waals surface area contributed by atoms with Gasteiger partial charge in [0.25, 0.3) is 0 Å². The van der Waals surface area contributed by atoms with Crippen molar-refractivity contribution in [1.82, 2.24) is 10.3 Å². The van der Waals surface area contributed by atoms with Crippen molar-refractivity contribution in [1.29, 1.82) is 0 Å². The summed E-state index contributed by atoms with van der Waals surface area (Å²) in [4.78, 5) is 15.5. The fourth-order valence-corrected chi connectivity index (χ4v) is 0.970. The summed E-state index contributed by atoms with van der Waals surface area (Å²) in [6.07, 6.45) is 1.68. The molecule has 0 aliphatic rings. The SMILES string of the molecule is CNC(C)C(=O)Nc1cc(C)ccn1. The van der Waals surface area contributed by atoms with Crippen molar-refractivity contribution in [2.45, 2.75) is 19.9 Å². The zero-order chi connectivity index (χ0) is 10.6. The highest BCUT2D eigenvalue weighted by molar-refractivity contribution is 5.93. The lowest BCUT2D eigenvalue weighted by atomic mass is 10.3. The van der Waals surface area contributed by atoms with Crippen LogP contribution in [0.2, 0.25) is 0 Å². The highest BCUT2D eigenvalue weighted by Gasteiger charge is 2.10. The van der Waals surface area contributed by atoms with Crippen molar-refractivity contribution in [3.05, 3.63) is 23.9 Å². The molecule has 0 aliphatic carbocycles. The van der Waals surface area contributed by atoms with Crippen LogP contribution in [0, 0.1) is 6.92 Å². The van der Waals surface area contributed by atoms with Gasteiger partial charge in [-0.1, -0.05) is 0 Å². The molecule has 76 valence electrons. The van der Waals surface area contributed by atoms with Crippen LogP contribution in [0.15, 0.2) is 18.3 Å². The van der Waals surface area contributed by atoms with Gasteiger partial charge in [-0.3, -0.25) is 4.79 Å². The van der Waals surface area contributed by atoms with E-state index >= 15 is 0 Å². The van der Waals surface area contributed by atoms with E-state index in [1.54, 1.807) is 20.2 Å². The molecule has 4 heteroatoms. The number of nitrogens with one attached hydrogen (secondary N) is 2. The van der Waals surface area contributed by atoms with Gasteiger partial charge in [0.15, 0.2) is 0 Å². The number of likely N-dealkylation sites (N-methyl/N-ethyl adjacent to an activating group) is 1. The standard InChI is InChI=1S/C10H15N3O/c1-7-4-5-12-9(6-7)13-10(14)8(2)11-3/h4-6,8,11H,1-3H3,(H,12,13,14). The van der Waals surface area contributed by atoms with Gasteiger partial charge in [-0.15, -0.1) is 0 Å². The van der Waals surface area contributed by atoms with E-state index < -0.39 is 0 Å². The lowest BCUT2D eigenvalue weighted by molar-refractivity contribution is -0.117. The first-order valence-corrected chi connectivity index (χ1v) is 4.54. The summed E-state index contributed by atoms with van der Waals surface area (Å²) < 4.78 is 0. The van der Waals surface area contributed by atoms with Crippen LogP contribution in [0.3, 0.4) is 0 Å². The normalized spacial score (nSPS) is 12.2. The zero-order valence-electron chi connectivity index (χ0n) is 8.66. The lowest BCUT2D eigenvalue weighted by Crippen LogP contribution is -2.35. The molecule has 1 heterocycles. The van der Waals surface area contributed by atoms with Crippen LogP contribution in [0.1, 0.15) is 12.5 Å². The van der Waals surface area contributed by atoms with E-state index in [0.717, 1.165) is 5.56 Å². The number of aromatic nitrogens is 1. The third-order valence-electron chi connectivity index (χ3n) is 1.99. The van der Waals surface area contributed by atoms with Crippen LogP contribution in [0.4, 0.5) is 5.82 Å². The largest absolute Gasteiger partial charge is 0.309 e. The van der Waals surface area contributed by atoms with Crippen LogP contribution in [-0.4, -0.2) is 24.0 Å². The summed E-state index contributed by atoms with van der Waals surface area (Å²) in [6.45, 7) is 3.75. The Hall–Kier alpha value is -1.42. The van der Waals surface area contributed by atoms with Gasteiger partial charge in [-0.05, 0) is 38.6 Å². The molecule has 4 nitrogen and oxygen atoms in total. The van der Waals surface area contributed by atoms with Crippen molar-refractivity contribution in [2.24, 2.45) is 0 Å². The van der Waals surface area contributed by atoms with Crippen LogP contribution in [-0.2, 0) is 4.79 Å². The fourth-order valence-electron chi connectivity index (χ4n) is 0.970. The van der Waals surface area contributed by atoms with Gasteiger partial charge in [0.05, 0.1) is 6.04 Å². The molecule has 2 N–H and O–H groups in total. The maximum absolute atomic E-state index is 11.4. The molecular formula is C10H15N3O. The van der Waals surface area contributed by atoms with Crippen molar-refractivity contribution in [2.75, 3.05) is 12.4 Å². The molecule has 0 radical (unpaired) electrons. The van der Waals surface area contributed by atoms with E-state index in [1.807, 2.05) is 19.1 Å². The summed E-state index contributed by atoms with van der Waals surface area (Å²) in [5, 5.41) is 5.58. The number of hydrogen-bond acceptors (Lipinski definition) is 3. The monoisotopic (exact) mass is 193 g/mol. The fraction of sp³-hybridized carbons (Fsp3) is 0.400. The molecule has 1 amide bonds. The van der Waals surface area contributed by atoms with Crippen molar-refractivity contribution in [3.63, 3.8) is 0 Å². The predicted octanol–water partition coefficient (Wildman–Crippen LogP) is 0.936. The Morgan fingerprint density at radius 3 is 2.86 bits per heavy atom. The Morgan fingerprint density at radius 1 is 1.57 bits per heavy atom. The molecule has 14 heavy (non-hydrogen) atoms. The minimum atomic E-state index is -0.211. The van der Waals surface area contributed by atoms with Gasteiger partial charge in [0.1, 0.15) is 5.82 Å². The quantitative estimate of drug-likeness (QED) is 0.751. The first-order chi connectivity index (χ1) is 6.63. The number of anilines is 1. The number of carbonyl (C=O) groups excluding carboxylic acids is 1. The molecule has 0 saturated heterocycles. The maximum Gasteiger partial charge on any atom is 0.242 e. The number of aryl methyl sites for hydroxylation is 1. The third kappa shape index (κ3) is 2.81. The molecule has 0 aliphatic heterocycles. The summed E-state index contributed by atoms with van der Waals surface area (Å²) >= 11 is 0. The number of amides is 1. The topological polar surface area (TPSA) is 54.0 Å². The van der Waals surface area contributed by atoms with Gasteiger partial charge in [-0.2, -0.15) is 0 Å². The summed E-state index contributed by atoms with van der Waals surface area (Å²) in [5.74, 6) is 0.516. The van der Waals surface area contributed by atoms with E-state index in [1.165, 1.54) is 0 Å². The van der Waals surface area contributed by atoms with Crippen LogP contribution in [0.25, 0.3) is 0 Å². The Bertz CT molecular complexity index is 325. The number of nitrogens with zero attached hydrogens (tertiary/aromatic N) is 1.